The number of amides is 2. The molecule has 0 saturated carbocycles. The molecule has 0 saturated heterocycles. The first-order valence-corrected chi connectivity index (χ1v) is 7.79. The number of carbonyl (C=O) groups is 2. The molecule has 1 aliphatic heterocycles. The molecule has 3 rings (SSSR count). The van der Waals surface area contributed by atoms with Crippen LogP contribution in [0.4, 0.5) is 0 Å². The van der Waals surface area contributed by atoms with Crippen molar-refractivity contribution in [3.8, 4) is 16.2 Å². The van der Waals surface area contributed by atoms with Gasteiger partial charge in [0.05, 0.1) is 11.5 Å². The third kappa shape index (κ3) is 2.46. The molecule has 114 valence electrons. The monoisotopic (exact) mass is 316 g/mol. The van der Waals surface area contributed by atoms with Crippen LogP contribution in [0.5, 0.6) is 5.75 Å². The fourth-order valence-electron chi connectivity index (χ4n) is 2.46. The van der Waals surface area contributed by atoms with Crippen LogP contribution in [-0.2, 0) is 6.42 Å². The summed E-state index contributed by atoms with van der Waals surface area (Å²) in [6.45, 7) is 0.529. The maximum absolute atomic E-state index is 11.8. The van der Waals surface area contributed by atoms with Gasteiger partial charge in [-0.2, -0.15) is 0 Å². The van der Waals surface area contributed by atoms with E-state index < -0.39 is 0 Å². The van der Waals surface area contributed by atoms with Gasteiger partial charge in [0.25, 0.3) is 11.8 Å². The molecule has 2 aromatic rings. The van der Waals surface area contributed by atoms with Crippen LogP contribution in [0, 0.1) is 0 Å². The standard InChI is InChI=1S/C16H16N2O3S/c1-17-15(19)10-3-4-11-12(7-10)21-6-5-9-8-13(16(20)18-2)22-14(9)11/h3-4,7-8H,5-6H2,1-2H3,(H,17,19)(H,18,20). The number of ether oxygens (including phenoxy) is 1. The Morgan fingerprint density at radius 2 is 1.91 bits per heavy atom. The summed E-state index contributed by atoms with van der Waals surface area (Å²) in [5, 5.41) is 5.25. The Hall–Kier alpha value is -2.34. The van der Waals surface area contributed by atoms with Crippen LogP contribution in [0.15, 0.2) is 24.3 Å². The molecule has 1 aromatic carbocycles. The molecule has 22 heavy (non-hydrogen) atoms. The number of nitrogens with one attached hydrogen (secondary N) is 2. The van der Waals surface area contributed by atoms with Gasteiger partial charge in [-0.05, 0) is 29.8 Å². The van der Waals surface area contributed by atoms with Gasteiger partial charge in [0.1, 0.15) is 5.75 Å². The van der Waals surface area contributed by atoms with E-state index in [0.29, 0.717) is 22.8 Å². The predicted molar refractivity (Wildman–Crippen MR) is 85.7 cm³/mol. The Morgan fingerprint density at radius 1 is 1.14 bits per heavy atom. The molecule has 5 nitrogen and oxygen atoms in total. The van der Waals surface area contributed by atoms with E-state index in [2.05, 4.69) is 10.6 Å². The van der Waals surface area contributed by atoms with Crippen LogP contribution in [0.2, 0.25) is 0 Å². The molecule has 2 N–H and O–H groups in total. The average Bonchev–Trinajstić information content (AvgIpc) is 2.89. The van der Waals surface area contributed by atoms with E-state index in [-0.39, 0.29) is 11.8 Å². The largest absolute Gasteiger partial charge is 0.493 e. The van der Waals surface area contributed by atoms with E-state index in [1.54, 1.807) is 26.2 Å². The van der Waals surface area contributed by atoms with E-state index in [1.165, 1.54) is 11.3 Å². The molecule has 6 heteroatoms. The Kier molecular flexibility index (Phi) is 3.85. The van der Waals surface area contributed by atoms with E-state index in [0.717, 1.165) is 22.4 Å². The molecule has 0 bridgehead atoms. The Bertz CT molecular complexity index is 752. The third-order valence-corrected chi connectivity index (χ3v) is 4.81. The lowest BCUT2D eigenvalue weighted by Crippen LogP contribution is -2.17. The molecule has 0 atom stereocenters. The molecule has 0 aliphatic carbocycles. The van der Waals surface area contributed by atoms with Crippen molar-refractivity contribution in [3.05, 3.63) is 40.3 Å². The normalized spacial score (nSPS) is 12.5. The molecule has 2 amide bonds. The van der Waals surface area contributed by atoms with Gasteiger partial charge >= 0.3 is 0 Å². The summed E-state index contributed by atoms with van der Waals surface area (Å²) in [5.41, 5.74) is 2.60. The van der Waals surface area contributed by atoms with Crippen molar-refractivity contribution in [1.82, 2.24) is 10.6 Å². The second-order valence-electron chi connectivity index (χ2n) is 4.93. The molecule has 2 heterocycles. The van der Waals surface area contributed by atoms with Crippen molar-refractivity contribution in [3.63, 3.8) is 0 Å². The molecule has 0 spiro atoms. The van der Waals surface area contributed by atoms with Crippen molar-refractivity contribution in [2.75, 3.05) is 20.7 Å². The van der Waals surface area contributed by atoms with Gasteiger partial charge in [0, 0.05) is 36.5 Å². The van der Waals surface area contributed by atoms with E-state index >= 15 is 0 Å². The van der Waals surface area contributed by atoms with Crippen molar-refractivity contribution in [1.29, 1.82) is 0 Å². The van der Waals surface area contributed by atoms with Crippen LogP contribution < -0.4 is 15.4 Å². The first-order valence-electron chi connectivity index (χ1n) is 6.98. The minimum absolute atomic E-state index is 0.0810. The first-order chi connectivity index (χ1) is 10.6. The Morgan fingerprint density at radius 3 is 2.64 bits per heavy atom. The second kappa shape index (κ2) is 5.81. The highest BCUT2D eigenvalue weighted by molar-refractivity contribution is 7.17. The maximum atomic E-state index is 11.8. The van der Waals surface area contributed by atoms with Crippen LogP contribution in [0.3, 0.4) is 0 Å². The minimum Gasteiger partial charge on any atom is -0.493 e. The first kappa shape index (κ1) is 14.6. The summed E-state index contributed by atoms with van der Waals surface area (Å²) in [4.78, 5) is 25.3. The maximum Gasteiger partial charge on any atom is 0.261 e. The Labute approximate surface area is 132 Å². The number of benzene rings is 1. The molecule has 0 unspecified atom stereocenters. The van der Waals surface area contributed by atoms with E-state index in [1.807, 2.05) is 12.1 Å². The summed E-state index contributed by atoms with van der Waals surface area (Å²) in [6.07, 6.45) is 0.743. The van der Waals surface area contributed by atoms with Gasteiger partial charge < -0.3 is 15.4 Å². The van der Waals surface area contributed by atoms with Crippen molar-refractivity contribution in [2.45, 2.75) is 6.42 Å². The van der Waals surface area contributed by atoms with Crippen LogP contribution in [-0.4, -0.2) is 32.5 Å². The number of fused-ring (bicyclic) bond motifs is 3. The van der Waals surface area contributed by atoms with Gasteiger partial charge in [-0.3, -0.25) is 9.59 Å². The zero-order chi connectivity index (χ0) is 15.7. The lowest BCUT2D eigenvalue weighted by molar-refractivity contribution is 0.0956. The molecule has 0 radical (unpaired) electrons. The number of rotatable bonds is 2. The number of hydrogen-bond donors (Lipinski definition) is 2. The summed E-state index contributed by atoms with van der Waals surface area (Å²) < 4.78 is 5.78. The van der Waals surface area contributed by atoms with Crippen molar-refractivity contribution >= 4 is 23.2 Å². The zero-order valence-electron chi connectivity index (χ0n) is 12.4. The van der Waals surface area contributed by atoms with E-state index in [9.17, 15) is 9.59 Å². The molecule has 1 aromatic heterocycles. The number of carbonyl (C=O) groups excluding carboxylic acids is 2. The highest BCUT2D eigenvalue weighted by atomic mass is 32.1. The molecular weight excluding hydrogens is 300 g/mol. The predicted octanol–water partition coefficient (Wildman–Crippen LogP) is 2.07. The quantitative estimate of drug-likeness (QED) is 0.891. The van der Waals surface area contributed by atoms with Crippen LogP contribution in [0.1, 0.15) is 25.6 Å². The second-order valence-corrected chi connectivity index (χ2v) is 5.98. The minimum atomic E-state index is -0.145. The summed E-state index contributed by atoms with van der Waals surface area (Å²) >= 11 is 1.45. The van der Waals surface area contributed by atoms with Gasteiger partial charge in [0.15, 0.2) is 0 Å². The van der Waals surface area contributed by atoms with Gasteiger partial charge in [-0.1, -0.05) is 0 Å². The lowest BCUT2D eigenvalue weighted by atomic mass is 10.1. The fourth-order valence-corrected chi connectivity index (χ4v) is 3.65. The fraction of sp³-hybridized carbons (Fsp3) is 0.250. The molecule has 1 aliphatic rings. The summed E-state index contributed by atoms with van der Waals surface area (Å²) in [5.74, 6) is 0.459. The highest BCUT2D eigenvalue weighted by Gasteiger charge is 2.21. The van der Waals surface area contributed by atoms with Gasteiger partial charge in [0.2, 0.25) is 0 Å². The molecule has 0 fully saturated rings. The number of thiophene rings is 1. The van der Waals surface area contributed by atoms with Crippen molar-refractivity contribution < 1.29 is 14.3 Å². The van der Waals surface area contributed by atoms with E-state index in [4.69, 9.17) is 4.74 Å². The molecular formula is C16H16N2O3S. The highest BCUT2D eigenvalue weighted by Crippen LogP contribution is 2.41. The van der Waals surface area contributed by atoms with Gasteiger partial charge in [-0.15, -0.1) is 11.3 Å². The zero-order valence-corrected chi connectivity index (χ0v) is 13.2. The Balaban J connectivity index is 2.08. The van der Waals surface area contributed by atoms with Gasteiger partial charge in [-0.25, -0.2) is 0 Å². The summed E-state index contributed by atoms with van der Waals surface area (Å²) in [6, 6.07) is 7.33. The third-order valence-electron chi connectivity index (χ3n) is 3.60. The van der Waals surface area contributed by atoms with Crippen LogP contribution >= 0.6 is 11.3 Å². The average molecular weight is 316 g/mol. The topological polar surface area (TPSA) is 67.4 Å². The van der Waals surface area contributed by atoms with Crippen molar-refractivity contribution in [2.24, 2.45) is 0 Å². The SMILES string of the molecule is CNC(=O)c1ccc2c(c1)OCCc1cc(C(=O)NC)sc1-2. The smallest absolute Gasteiger partial charge is 0.261 e. The van der Waals surface area contributed by atoms with Crippen LogP contribution in [0.25, 0.3) is 10.4 Å². The lowest BCUT2D eigenvalue weighted by Gasteiger charge is -2.09. The summed E-state index contributed by atoms with van der Waals surface area (Å²) in [7, 11) is 3.22. The number of hydrogen-bond acceptors (Lipinski definition) is 4.